The molecule has 0 aliphatic carbocycles. The zero-order valence-electron chi connectivity index (χ0n) is 8.67. The van der Waals surface area contributed by atoms with Crippen LogP contribution in [-0.2, 0) is 26.0 Å². The molecule has 1 rings (SSSR count). The van der Waals surface area contributed by atoms with Gasteiger partial charge < -0.3 is 9.84 Å². The van der Waals surface area contributed by atoms with Crippen molar-refractivity contribution >= 4 is 33.3 Å². The van der Waals surface area contributed by atoms with Gasteiger partial charge in [0.2, 0.25) is 10.0 Å². The molecule has 9 heteroatoms. The average Bonchev–Trinajstić information content (AvgIpc) is 2.60. The molecule has 0 aromatic carbocycles. The molecular formula is C8H9NO6S2. The third-order valence-corrected chi connectivity index (χ3v) is 3.96. The molecule has 1 aromatic heterocycles. The number of carbonyl (C=O) groups is 2. The number of carboxylic acid groups (broad SMARTS) is 1. The van der Waals surface area contributed by atoms with E-state index in [9.17, 15) is 18.0 Å². The van der Waals surface area contributed by atoms with E-state index in [0.29, 0.717) is 0 Å². The van der Waals surface area contributed by atoms with Crippen molar-refractivity contribution in [2.45, 2.75) is 11.3 Å². The molecule has 0 unspecified atom stereocenters. The standard InChI is InChI=1S/C8H9NO6S2/c1-15-6(10)2-4-7(8(11)12)5(3-16-4)17(9,13)14/h3H,2H2,1H3,(H,11,12)(H2,9,13,14). The Morgan fingerprint density at radius 3 is 2.53 bits per heavy atom. The van der Waals surface area contributed by atoms with Crippen LogP contribution >= 0.6 is 11.3 Å². The molecule has 0 amide bonds. The van der Waals surface area contributed by atoms with Crippen LogP contribution in [0.25, 0.3) is 0 Å². The van der Waals surface area contributed by atoms with Gasteiger partial charge in [-0.2, -0.15) is 0 Å². The van der Waals surface area contributed by atoms with Gasteiger partial charge in [-0.3, -0.25) is 4.79 Å². The van der Waals surface area contributed by atoms with Gasteiger partial charge in [-0.25, -0.2) is 18.4 Å². The molecule has 0 aliphatic heterocycles. The van der Waals surface area contributed by atoms with E-state index in [0.717, 1.165) is 23.8 Å². The maximum absolute atomic E-state index is 11.1. The Morgan fingerprint density at radius 2 is 2.12 bits per heavy atom. The first-order valence-electron chi connectivity index (χ1n) is 4.20. The zero-order valence-corrected chi connectivity index (χ0v) is 10.3. The second kappa shape index (κ2) is 4.82. The SMILES string of the molecule is COC(=O)Cc1scc(S(N)(=O)=O)c1C(=O)O. The fourth-order valence-electron chi connectivity index (χ4n) is 1.15. The molecule has 3 N–H and O–H groups in total. The number of primary sulfonamides is 1. The number of nitrogens with two attached hydrogens (primary N) is 1. The Kier molecular flexibility index (Phi) is 3.86. The normalized spacial score (nSPS) is 11.2. The lowest BCUT2D eigenvalue weighted by Gasteiger charge is -2.01. The first-order valence-corrected chi connectivity index (χ1v) is 6.63. The Hall–Kier alpha value is -1.45. The lowest BCUT2D eigenvalue weighted by molar-refractivity contribution is -0.139. The van der Waals surface area contributed by atoms with E-state index in [-0.39, 0.29) is 11.3 Å². The van der Waals surface area contributed by atoms with E-state index >= 15 is 0 Å². The average molecular weight is 279 g/mol. The van der Waals surface area contributed by atoms with Crippen molar-refractivity contribution < 1.29 is 27.9 Å². The number of rotatable bonds is 4. The number of methoxy groups -OCH3 is 1. The summed E-state index contributed by atoms with van der Waals surface area (Å²) in [5.74, 6) is -2.11. The highest BCUT2D eigenvalue weighted by Gasteiger charge is 2.26. The number of aromatic carboxylic acids is 1. The summed E-state index contributed by atoms with van der Waals surface area (Å²) < 4.78 is 26.6. The molecule has 7 nitrogen and oxygen atoms in total. The second-order valence-electron chi connectivity index (χ2n) is 3.00. The van der Waals surface area contributed by atoms with Crippen LogP contribution in [0.15, 0.2) is 10.3 Å². The summed E-state index contributed by atoms with van der Waals surface area (Å²) >= 11 is 0.834. The third kappa shape index (κ3) is 3.02. The topological polar surface area (TPSA) is 124 Å². The van der Waals surface area contributed by atoms with E-state index in [1.165, 1.54) is 0 Å². The highest BCUT2D eigenvalue weighted by atomic mass is 32.2. The second-order valence-corrected chi connectivity index (χ2v) is 5.50. The first-order chi connectivity index (χ1) is 7.77. The van der Waals surface area contributed by atoms with Crippen molar-refractivity contribution in [3.05, 3.63) is 15.8 Å². The molecule has 0 saturated carbocycles. The van der Waals surface area contributed by atoms with Crippen LogP contribution in [0.2, 0.25) is 0 Å². The van der Waals surface area contributed by atoms with Gasteiger partial charge in [0, 0.05) is 10.3 Å². The number of sulfonamides is 1. The zero-order chi connectivity index (χ0) is 13.2. The highest BCUT2D eigenvalue weighted by molar-refractivity contribution is 7.89. The van der Waals surface area contributed by atoms with Crippen LogP contribution in [0.3, 0.4) is 0 Å². The summed E-state index contributed by atoms with van der Waals surface area (Å²) in [6.07, 6.45) is -0.307. The number of carbonyl (C=O) groups excluding carboxylic acids is 1. The summed E-state index contributed by atoms with van der Waals surface area (Å²) in [7, 11) is -2.97. The molecule has 0 spiro atoms. The van der Waals surface area contributed by atoms with Gasteiger partial charge in [-0.1, -0.05) is 0 Å². The highest BCUT2D eigenvalue weighted by Crippen LogP contribution is 2.26. The minimum absolute atomic E-state index is 0.0911. The lowest BCUT2D eigenvalue weighted by Crippen LogP contribution is -2.16. The maximum atomic E-state index is 11.1. The van der Waals surface area contributed by atoms with E-state index in [4.69, 9.17) is 10.2 Å². The van der Waals surface area contributed by atoms with Gasteiger partial charge in [0.1, 0.15) is 4.90 Å². The van der Waals surface area contributed by atoms with Gasteiger partial charge in [0.25, 0.3) is 0 Å². The summed E-state index contributed by atoms with van der Waals surface area (Å²) in [4.78, 5) is 21.6. The van der Waals surface area contributed by atoms with Crippen molar-refractivity contribution in [3.8, 4) is 0 Å². The van der Waals surface area contributed by atoms with E-state index in [2.05, 4.69) is 4.74 Å². The minimum atomic E-state index is -4.12. The van der Waals surface area contributed by atoms with E-state index in [1.807, 2.05) is 0 Å². The number of esters is 1. The molecule has 0 saturated heterocycles. The van der Waals surface area contributed by atoms with Crippen LogP contribution in [0.1, 0.15) is 15.2 Å². The van der Waals surface area contributed by atoms with Crippen LogP contribution in [0.4, 0.5) is 0 Å². The smallest absolute Gasteiger partial charge is 0.338 e. The fraction of sp³-hybridized carbons (Fsp3) is 0.250. The first kappa shape index (κ1) is 13.6. The Bertz CT molecular complexity index is 559. The van der Waals surface area contributed by atoms with Crippen LogP contribution in [0.5, 0.6) is 0 Å². The molecule has 0 radical (unpaired) electrons. The predicted molar refractivity (Wildman–Crippen MR) is 58.4 cm³/mol. The number of carboxylic acids is 1. The third-order valence-electron chi connectivity index (χ3n) is 1.89. The molecular weight excluding hydrogens is 270 g/mol. The quantitative estimate of drug-likeness (QED) is 0.736. The van der Waals surface area contributed by atoms with Gasteiger partial charge in [-0.05, 0) is 0 Å². The Morgan fingerprint density at radius 1 is 1.53 bits per heavy atom. The number of ether oxygens (including phenoxy) is 1. The summed E-state index contributed by atoms with van der Waals surface area (Å²) in [6, 6.07) is 0. The Labute approximate surface area is 101 Å². The predicted octanol–water partition coefficient (Wildman–Crippen LogP) is -0.191. The van der Waals surface area contributed by atoms with Crippen molar-refractivity contribution in [3.63, 3.8) is 0 Å². The molecule has 0 atom stereocenters. The summed E-state index contributed by atoms with van der Waals surface area (Å²) in [5.41, 5.74) is -0.470. The molecule has 0 bridgehead atoms. The lowest BCUT2D eigenvalue weighted by atomic mass is 10.2. The number of thiophene rings is 1. The fourth-order valence-corrected chi connectivity index (χ4v) is 3.27. The van der Waals surface area contributed by atoms with Crippen molar-refractivity contribution in [1.82, 2.24) is 0 Å². The van der Waals surface area contributed by atoms with Crippen LogP contribution in [-0.4, -0.2) is 32.6 Å². The summed E-state index contributed by atoms with van der Waals surface area (Å²) in [6.45, 7) is 0. The molecule has 1 aromatic rings. The number of hydrogen-bond donors (Lipinski definition) is 2. The van der Waals surface area contributed by atoms with Crippen molar-refractivity contribution in [1.29, 1.82) is 0 Å². The number of hydrogen-bond acceptors (Lipinski definition) is 6. The maximum Gasteiger partial charge on any atom is 0.338 e. The van der Waals surface area contributed by atoms with Gasteiger partial charge >= 0.3 is 11.9 Å². The van der Waals surface area contributed by atoms with Gasteiger partial charge in [0.05, 0.1) is 19.1 Å². The van der Waals surface area contributed by atoms with Crippen molar-refractivity contribution in [2.75, 3.05) is 7.11 Å². The van der Waals surface area contributed by atoms with Crippen LogP contribution < -0.4 is 5.14 Å². The molecule has 1 heterocycles. The largest absolute Gasteiger partial charge is 0.478 e. The Balaban J connectivity index is 3.31. The molecule has 0 aliphatic rings. The van der Waals surface area contributed by atoms with Crippen LogP contribution in [0, 0.1) is 0 Å². The van der Waals surface area contributed by atoms with E-state index < -0.39 is 32.4 Å². The summed E-state index contributed by atoms with van der Waals surface area (Å²) in [5, 5.41) is 14.9. The monoisotopic (exact) mass is 279 g/mol. The van der Waals surface area contributed by atoms with Crippen molar-refractivity contribution in [2.24, 2.45) is 5.14 Å². The molecule has 17 heavy (non-hydrogen) atoms. The minimum Gasteiger partial charge on any atom is -0.478 e. The molecule has 94 valence electrons. The van der Waals surface area contributed by atoms with Gasteiger partial charge in [0.15, 0.2) is 0 Å². The van der Waals surface area contributed by atoms with Gasteiger partial charge in [-0.15, -0.1) is 11.3 Å². The van der Waals surface area contributed by atoms with E-state index in [1.54, 1.807) is 0 Å². The molecule has 0 fully saturated rings.